The zero-order chi connectivity index (χ0) is 7.72. The second-order valence-electron chi connectivity index (χ2n) is 2.24. The lowest BCUT2D eigenvalue weighted by Gasteiger charge is -2.00. The quantitative estimate of drug-likeness (QED) is 0.583. The van der Waals surface area contributed by atoms with Crippen LogP contribution in [0.1, 0.15) is 20.8 Å². The third-order valence-corrected chi connectivity index (χ3v) is 2.50. The third kappa shape index (κ3) is 1.34. The molecule has 10 heavy (non-hydrogen) atoms. The molecule has 0 spiro atoms. The van der Waals surface area contributed by atoms with E-state index < -0.39 is 0 Å². The smallest absolute Gasteiger partial charge is 0.169 e. The summed E-state index contributed by atoms with van der Waals surface area (Å²) in [6.07, 6.45) is 0. The highest BCUT2D eigenvalue weighted by atomic mass is 32.2. The van der Waals surface area contributed by atoms with Gasteiger partial charge in [-0.3, -0.25) is 4.79 Å². The van der Waals surface area contributed by atoms with Crippen LogP contribution in [0.3, 0.4) is 0 Å². The molecule has 1 heterocycles. The normalized spacial score (nSPS) is 24.9. The Morgan fingerprint density at radius 2 is 2.30 bits per heavy atom. The number of carbonyl (C=O) groups is 1. The predicted molar refractivity (Wildman–Crippen MR) is 41.5 cm³/mol. The van der Waals surface area contributed by atoms with Crippen molar-refractivity contribution in [2.45, 2.75) is 26.2 Å². The van der Waals surface area contributed by atoms with Gasteiger partial charge in [0.25, 0.3) is 0 Å². The number of hydrogen-bond acceptors (Lipinski definition) is 3. The molecular weight excluding hydrogens is 148 g/mol. The van der Waals surface area contributed by atoms with Crippen molar-refractivity contribution in [2.24, 2.45) is 0 Å². The Labute approximate surface area is 64.6 Å². The minimum absolute atomic E-state index is 0.104. The summed E-state index contributed by atoms with van der Waals surface area (Å²) >= 11 is 1.49. The maximum absolute atomic E-state index is 10.8. The molecule has 0 bridgehead atoms. The molecule has 0 saturated heterocycles. The number of Topliss-reactive ketones (excluding diaryl/α,β-unsaturated/α-hetero) is 1. The molecular formula is C7H10O2S. The number of thioether (sulfide) groups is 1. The van der Waals surface area contributed by atoms with Crippen LogP contribution in [0.2, 0.25) is 0 Å². The van der Waals surface area contributed by atoms with E-state index in [0.29, 0.717) is 0 Å². The Morgan fingerprint density at radius 1 is 1.70 bits per heavy atom. The van der Waals surface area contributed by atoms with Gasteiger partial charge in [0.1, 0.15) is 11.2 Å². The predicted octanol–water partition coefficient (Wildman–Crippen LogP) is 1.92. The van der Waals surface area contributed by atoms with E-state index >= 15 is 0 Å². The zero-order valence-corrected chi connectivity index (χ0v) is 7.12. The van der Waals surface area contributed by atoms with Gasteiger partial charge in [0, 0.05) is 0 Å². The van der Waals surface area contributed by atoms with E-state index in [2.05, 4.69) is 0 Å². The average Bonchev–Trinajstić information content (AvgIpc) is 2.10. The van der Waals surface area contributed by atoms with E-state index in [0.717, 1.165) is 10.7 Å². The molecule has 1 atom stereocenters. The molecule has 0 N–H and O–H groups in total. The highest BCUT2D eigenvalue weighted by molar-refractivity contribution is 8.04. The monoisotopic (exact) mass is 158 g/mol. The maximum atomic E-state index is 10.8. The van der Waals surface area contributed by atoms with Gasteiger partial charge >= 0.3 is 0 Å². The van der Waals surface area contributed by atoms with E-state index in [4.69, 9.17) is 4.74 Å². The lowest BCUT2D eigenvalue weighted by Crippen LogP contribution is -1.91. The summed E-state index contributed by atoms with van der Waals surface area (Å²) < 4.78 is 5.26. The number of hydrogen-bond donors (Lipinski definition) is 0. The van der Waals surface area contributed by atoms with Gasteiger partial charge in [0.2, 0.25) is 0 Å². The molecule has 0 amide bonds. The van der Waals surface area contributed by atoms with Gasteiger partial charge < -0.3 is 4.74 Å². The zero-order valence-electron chi connectivity index (χ0n) is 6.30. The van der Waals surface area contributed by atoms with Crippen LogP contribution in [-0.2, 0) is 9.53 Å². The lowest BCUT2D eigenvalue weighted by molar-refractivity contribution is -0.113. The van der Waals surface area contributed by atoms with Crippen molar-refractivity contribution in [2.75, 3.05) is 0 Å². The minimum Gasteiger partial charge on any atom is -0.483 e. The average molecular weight is 158 g/mol. The topological polar surface area (TPSA) is 26.3 Å². The van der Waals surface area contributed by atoms with E-state index in [9.17, 15) is 4.79 Å². The number of carbonyl (C=O) groups excluding carboxylic acids is 1. The van der Waals surface area contributed by atoms with E-state index in [1.807, 2.05) is 13.8 Å². The van der Waals surface area contributed by atoms with Gasteiger partial charge in [-0.1, -0.05) is 11.8 Å². The Hall–Kier alpha value is -0.440. The van der Waals surface area contributed by atoms with Gasteiger partial charge in [-0.2, -0.15) is 0 Å². The highest BCUT2D eigenvalue weighted by Crippen LogP contribution is 2.34. The number of allylic oxidation sites excluding steroid dienone is 2. The van der Waals surface area contributed by atoms with Crippen molar-refractivity contribution in [1.82, 2.24) is 0 Å². The Balaban J connectivity index is 2.76. The first-order valence-electron chi connectivity index (χ1n) is 3.16. The second-order valence-corrected chi connectivity index (χ2v) is 3.55. The van der Waals surface area contributed by atoms with Crippen LogP contribution in [0, 0.1) is 0 Å². The van der Waals surface area contributed by atoms with E-state index in [-0.39, 0.29) is 11.2 Å². The molecule has 0 fully saturated rings. The van der Waals surface area contributed by atoms with Gasteiger partial charge in [0.05, 0.1) is 4.91 Å². The Kier molecular flexibility index (Phi) is 2.04. The van der Waals surface area contributed by atoms with Crippen molar-refractivity contribution in [3.8, 4) is 0 Å². The molecule has 1 aliphatic heterocycles. The standard InChI is InChI=1S/C7H10O2S/c1-4(8)7-5(2)9-6(3)10-7/h6H,1-3H3. The molecule has 0 aromatic rings. The van der Waals surface area contributed by atoms with E-state index in [1.165, 1.54) is 11.8 Å². The van der Waals surface area contributed by atoms with Crippen molar-refractivity contribution in [3.05, 3.63) is 10.7 Å². The van der Waals surface area contributed by atoms with Crippen LogP contribution in [0.4, 0.5) is 0 Å². The summed E-state index contributed by atoms with van der Waals surface area (Å²) in [6.45, 7) is 5.32. The fourth-order valence-electron chi connectivity index (χ4n) is 0.906. The summed E-state index contributed by atoms with van der Waals surface area (Å²) in [5.74, 6) is 0.872. The van der Waals surface area contributed by atoms with Gasteiger partial charge in [-0.25, -0.2) is 0 Å². The van der Waals surface area contributed by atoms with Gasteiger partial charge in [0.15, 0.2) is 5.78 Å². The molecule has 56 valence electrons. The van der Waals surface area contributed by atoms with Crippen LogP contribution >= 0.6 is 11.8 Å². The number of ether oxygens (including phenoxy) is 1. The fourth-order valence-corrected chi connectivity index (χ4v) is 1.81. The first-order chi connectivity index (χ1) is 4.61. The molecule has 0 aliphatic carbocycles. The number of rotatable bonds is 1. The van der Waals surface area contributed by atoms with Crippen LogP contribution < -0.4 is 0 Å². The van der Waals surface area contributed by atoms with Gasteiger partial charge in [-0.05, 0) is 20.8 Å². The molecule has 0 radical (unpaired) electrons. The summed E-state index contributed by atoms with van der Waals surface area (Å²) in [5, 5.41) is 0. The third-order valence-electron chi connectivity index (χ3n) is 1.27. The Bertz CT molecular complexity index is 196. The molecule has 1 rings (SSSR count). The second kappa shape index (κ2) is 2.66. The summed E-state index contributed by atoms with van der Waals surface area (Å²) in [4.78, 5) is 11.6. The van der Waals surface area contributed by atoms with Crippen molar-refractivity contribution in [1.29, 1.82) is 0 Å². The molecule has 0 saturated carbocycles. The summed E-state index contributed by atoms with van der Waals surface area (Å²) in [6, 6.07) is 0. The van der Waals surface area contributed by atoms with E-state index in [1.54, 1.807) is 6.92 Å². The van der Waals surface area contributed by atoms with Crippen LogP contribution in [0.5, 0.6) is 0 Å². The molecule has 0 aromatic carbocycles. The maximum Gasteiger partial charge on any atom is 0.169 e. The number of ketones is 1. The van der Waals surface area contributed by atoms with Crippen molar-refractivity contribution < 1.29 is 9.53 Å². The molecule has 2 nitrogen and oxygen atoms in total. The van der Waals surface area contributed by atoms with Crippen LogP contribution in [-0.4, -0.2) is 11.2 Å². The van der Waals surface area contributed by atoms with Crippen molar-refractivity contribution >= 4 is 17.5 Å². The Morgan fingerprint density at radius 3 is 2.50 bits per heavy atom. The highest BCUT2D eigenvalue weighted by Gasteiger charge is 2.22. The minimum atomic E-state index is 0.104. The summed E-state index contributed by atoms with van der Waals surface area (Å²) in [7, 11) is 0. The first kappa shape index (κ1) is 7.66. The first-order valence-corrected chi connectivity index (χ1v) is 4.04. The van der Waals surface area contributed by atoms with Gasteiger partial charge in [-0.15, -0.1) is 0 Å². The molecule has 0 aromatic heterocycles. The fraction of sp³-hybridized carbons (Fsp3) is 0.571. The lowest BCUT2D eigenvalue weighted by atomic mass is 10.4. The van der Waals surface area contributed by atoms with Crippen molar-refractivity contribution in [3.63, 3.8) is 0 Å². The molecule has 3 heteroatoms. The van der Waals surface area contributed by atoms with Crippen LogP contribution in [0.25, 0.3) is 0 Å². The largest absolute Gasteiger partial charge is 0.483 e. The summed E-state index contributed by atoms with van der Waals surface area (Å²) in [5.41, 5.74) is 0.110. The van der Waals surface area contributed by atoms with Crippen LogP contribution in [0.15, 0.2) is 10.7 Å². The molecule has 1 unspecified atom stereocenters. The SMILES string of the molecule is CC(=O)C1=C(C)OC(C)S1. The molecule has 1 aliphatic rings.